The van der Waals surface area contributed by atoms with Crippen LogP contribution in [0.15, 0.2) is 52.9 Å². The Morgan fingerprint density at radius 2 is 1.79 bits per heavy atom. The van der Waals surface area contributed by atoms with Crippen molar-refractivity contribution in [3.05, 3.63) is 54.1 Å². The zero-order valence-electron chi connectivity index (χ0n) is 19.3. The first-order valence-corrected chi connectivity index (χ1v) is 11.9. The van der Waals surface area contributed by atoms with Gasteiger partial charge in [0.15, 0.2) is 5.58 Å². The van der Waals surface area contributed by atoms with E-state index in [0.29, 0.717) is 11.9 Å². The van der Waals surface area contributed by atoms with Crippen LogP contribution in [0.3, 0.4) is 0 Å². The maximum atomic E-state index is 13.3. The van der Waals surface area contributed by atoms with Gasteiger partial charge in [-0.05, 0) is 49.1 Å². The number of nitrogens with zero attached hydrogens (tertiary/aromatic N) is 4. The minimum Gasteiger partial charge on any atom is -0.497 e. The molecular weight excluding hydrogens is 416 g/mol. The number of rotatable bonds is 5. The second-order valence-electron chi connectivity index (χ2n) is 9.03. The van der Waals surface area contributed by atoms with Crippen molar-refractivity contribution in [2.45, 2.75) is 25.8 Å². The molecule has 2 saturated heterocycles. The van der Waals surface area contributed by atoms with Gasteiger partial charge in [-0.25, -0.2) is 0 Å². The van der Waals surface area contributed by atoms with Gasteiger partial charge >= 0.3 is 0 Å². The second kappa shape index (κ2) is 9.83. The molecule has 33 heavy (non-hydrogen) atoms. The number of hydrogen-bond donors (Lipinski definition) is 0. The molecule has 2 aromatic carbocycles. The van der Waals surface area contributed by atoms with Crippen LogP contribution in [0.4, 0.5) is 6.01 Å². The molecule has 0 saturated carbocycles. The molecule has 1 amide bonds. The number of fused-ring (bicyclic) bond motifs is 1. The number of hydrogen-bond acceptors (Lipinski definition) is 6. The molecule has 0 radical (unpaired) electrons. The van der Waals surface area contributed by atoms with E-state index in [4.69, 9.17) is 9.15 Å². The molecule has 0 bridgehead atoms. The summed E-state index contributed by atoms with van der Waals surface area (Å²) >= 11 is 0. The zero-order valence-corrected chi connectivity index (χ0v) is 19.3. The number of carbonyl (C=O) groups excluding carboxylic acids is 1. The third kappa shape index (κ3) is 4.98. The lowest BCUT2D eigenvalue weighted by atomic mass is 9.95. The van der Waals surface area contributed by atoms with Gasteiger partial charge < -0.3 is 19.0 Å². The van der Waals surface area contributed by atoms with E-state index in [2.05, 4.69) is 31.8 Å². The van der Waals surface area contributed by atoms with Crippen molar-refractivity contribution in [1.29, 1.82) is 0 Å². The van der Waals surface area contributed by atoms with Gasteiger partial charge in [-0.15, -0.1) is 0 Å². The topological polar surface area (TPSA) is 62.1 Å². The molecule has 1 aromatic heterocycles. The van der Waals surface area contributed by atoms with Gasteiger partial charge in [0.25, 0.3) is 6.01 Å². The Bertz CT molecular complexity index is 1040. The smallest absolute Gasteiger partial charge is 0.298 e. The number of aromatic nitrogens is 1. The van der Waals surface area contributed by atoms with Crippen LogP contribution in [0, 0.1) is 5.92 Å². The van der Waals surface area contributed by atoms with E-state index >= 15 is 0 Å². The number of piperidine rings is 1. The fraction of sp³-hybridized carbons (Fsp3) is 0.462. The fourth-order valence-electron chi connectivity index (χ4n) is 4.91. The molecule has 0 spiro atoms. The SMILES string of the molecule is COc1ccc(CN2CCCN(C(=O)C3CCN(c4nc5ccccc5o4)CC3)CC2)cc1. The molecule has 3 aromatic rings. The number of carbonyl (C=O) groups is 1. The number of methoxy groups -OCH3 is 1. The molecule has 2 fully saturated rings. The molecule has 5 rings (SSSR count). The standard InChI is InChI=1S/C26H32N4O3/c1-32-22-9-7-20(8-10-22)19-28-13-4-14-29(18-17-28)25(31)21-11-15-30(16-12-21)26-27-23-5-2-3-6-24(23)33-26/h2-3,5-10,21H,4,11-19H2,1H3. The van der Waals surface area contributed by atoms with Crippen LogP contribution in [0.1, 0.15) is 24.8 Å². The number of benzene rings is 2. The second-order valence-corrected chi connectivity index (χ2v) is 9.03. The van der Waals surface area contributed by atoms with Crippen molar-refractivity contribution in [2.24, 2.45) is 5.92 Å². The molecule has 174 valence electrons. The molecule has 0 aliphatic carbocycles. The first-order valence-electron chi connectivity index (χ1n) is 11.9. The van der Waals surface area contributed by atoms with Gasteiger partial charge in [-0.3, -0.25) is 9.69 Å². The van der Waals surface area contributed by atoms with Crippen molar-refractivity contribution < 1.29 is 13.9 Å². The van der Waals surface area contributed by atoms with Gasteiger partial charge in [-0.2, -0.15) is 4.98 Å². The average Bonchev–Trinajstić information content (AvgIpc) is 3.17. The first-order chi connectivity index (χ1) is 16.2. The highest BCUT2D eigenvalue weighted by molar-refractivity contribution is 5.79. The number of oxazole rings is 1. The molecule has 7 nitrogen and oxygen atoms in total. The highest BCUT2D eigenvalue weighted by atomic mass is 16.5. The predicted octanol–water partition coefficient (Wildman–Crippen LogP) is 3.79. The zero-order chi connectivity index (χ0) is 22.6. The Balaban J connectivity index is 1.12. The Morgan fingerprint density at radius 1 is 1.00 bits per heavy atom. The fourth-order valence-corrected chi connectivity index (χ4v) is 4.91. The summed E-state index contributed by atoms with van der Waals surface area (Å²) in [4.78, 5) is 24.6. The van der Waals surface area contributed by atoms with Crippen LogP contribution in [0.2, 0.25) is 0 Å². The third-order valence-electron chi connectivity index (χ3n) is 6.86. The van der Waals surface area contributed by atoms with Gasteiger partial charge in [-0.1, -0.05) is 24.3 Å². The molecule has 0 N–H and O–H groups in total. The number of ether oxygens (including phenoxy) is 1. The lowest BCUT2D eigenvalue weighted by Gasteiger charge is -2.33. The quantitative estimate of drug-likeness (QED) is 0.592. The lowest BCUT2D eigenvalue weighted by Crippen LogP contribution is -2.44. The summed E-state index contributed by atoms with van der Waals surface area (Å²) in [5, 5.41) is 0. The highest BCUT2D eigenvalue weighted by Crippen LogP contribution is 2.27. The first kappa shape index (κ1) is 21.8. The van der Waals surface area contributed by atoms with E-state index in [1.54, 1.807) is 7.11 Å². The molecule has 0 unspecified atom stereocenters. The van der Waals surface area contributed by atoms with Crippen LogP contribution >= 0.6 is 0 Å². The average molecular weight is 449 g/mol. The minimum absolute atomic E-state index is 0.0961. The lowest BCUT2D eigenvalue weighted by molar-refractivity contribution is -0.136. The van der Waals surface area contributed by atoms with Crippen LogP contribution in [-0.4, -0.2) is 67.1 Å². The van der Waals surface area contributed by atoms with Gasteiger partial charge in [0.05, 0.1) is 7.11 Å². The van der Waals surface area contributed by atoms with Crippen molar-refractivity contribution in [1.82, 2.24) is 14.8 Å². The Morgan fingerprint density at radius 3 is 2.55 bits per heavy atom. The third-order valence-corrected chi connectivity index (χ3v) is 6.86. The number of amides is 1. The summed E-state index contributed by atoms with van der Waals surface area (Å²) in [7, 11) is 1.69. The maximum Gasteiger partial charge on any atom is 0.298 e. The number of para-hydroxylation sites is 2. The van der Waals surface area contributed by atoms with Crippen molar-refractivity contribution in [3.8, 4) is 5.75 Å². The van der Waals surface area contributed by atoms with Crippen LogP contribution in [0.25, 0.3) is 11.1 Å². The summed E-state index contributed by atoms with van der Waals surface area (Å²) in [5.74, 6) is 1.30. The van der Waals surface area contributed by atoms with Gasteiger partial charge in [0.1, 0.15) is 11.3 Å². The largest absolute Gasteiger partial charge is 0.497 e. The molecule has 7 heteroatoms. The Labute approximate surface area is 194 Å². The Hall–Kier alpha value is -3.06. The van der Waals surface area contributed by atoms with Crippen molar-refractivity contribution >= 4 is 23.0 Å². The minimum atomic E-state index is 0.0961. The van der Waals surface area contributed by atoms with Crippen LogP contribution in [0.5, 0.6) is 5.75 Å². The van der Waals surface area contributed by atoms with Gasteiger partial charge in [0.2, 0.25) is 5.91 Å². The summed E-state index contributed by atoms with van der Waals surface area (Å²) in [6.07, 6.45) is 2.72. The summed E-state index contributed by atoms with van der Waals surface area (Å²) < 4.78 is 11.2. The van der Waals surface area contributed by atoms with E-state index < -0.39 is 0 Å². The monoisotopic (exact) mass is 448 g/mol. The Kier molecular flexibility index (Phi) is 6.48. The maximum absolute atomic E-state index is 13.3. The van der Waals surface area contributed by atoms with Crippen molar-refractivity contribution in [2.75, 3.05) is 51.3 Å². The molecule has 0 atom stereocenters. The van der Waals surface area contributed by atoms with Crippen LogP contribution < -0.4 is 9.64 Å². The van der Waals surface area contributed by atoms with E-state index in [-0.39, 0.29) is 5.92 Å². The van der Waals surface area contributed by atoms with E-state index in [0.717, 1.165) is 81.9 Å². The molecular formula is C26H32N4O3. The summed E-state index contributed by atoms with van der Waals surface area (Å²) in [6, 6.07) is 16.8. The van der Waals surface area contributed by atoms with E-state index in [9.17, 15) is 4.79 Å². The van der Waals surface area contributed by atoms with E-state index in [1.807, 2.05) is 36.4 Å². The van der Waals surface area contributed by atoms with E-state index in [1.165, 1.54) is 5.56 Å². The predicted molar refractivity (Wildman–Crippen MR) is 128 cm³/mol. The van der Waals surface area contributed by atoms with Gasteiger partial charge in [0, 0.05) is 51.7 Å². The number of anilines is 1. The molecule has 2 aliphatic rings. The van der Waals surface area contributed by atoms with Crippen LogP contribution in [-0.2, 0) is 11.3 Å². The van der Waals surface area contributed by atoms with Crippen molar-refractivity contribution in [3.63, 3.8) is 0 Å². The molecule has 3 heterocycles. The summed E-state index contributed by atoms with van der Waals surface area (Å²) in [5.41, 5.74) is 2.98. The molecule has 2 aliphatic heterocycles. The summed E-state index contributed by atoms with van der Waals surface area (Å²) in [6.45, 7) is 6.12. The highest BCUT2D eigenvalue weighted by Gasteiger charge is 2.31. The normalized spacial score (nSPS) is 18.5.